The van der Waals surface area contributed by atoms with E-state index in [9.17, 15) is 5.11 Å². The third kappa shape index (κ3) is 6.27. The van der Waals surface area contributed by atoms with Gasteiger partial charge in [0.1, 0.15) is 12.0 Å². The molecule has 1 N–H and O–H groups in total. The largest absolute Gasteiger partial charge is 0.508 e. The highest BCUT2D eigenvalue weighted by atomic mass is 32.2. The molecule has 0 bridgehead atoms. The zero-order valence-corrected chi connectivity index (χ0v) is 15.0. The van der Waals surface area contributed by atoms with Crippen LogP contribution in [0.15, 0.2) is 40.8 Å². The lowest BCUT2D eigenvalue weighted by molar-refractivity contribution is -0.106. The summed E-state index contributed by atoms with van der Waals surface area (Å²) in [6.45, 7) is 8.52. The number of hydrogen-bond acceptors (Lipinski definition) is 3. The van der Waals surface area contributed by atoms with Crippen LogP contribution in [0.4, 0.5) is 0 Å². The molecule has 1 aliphatic rings. The number of allylic oxidation sites excluding steroid dienone is 2. The monoisotopic (exact) mass is 320 g/mol. The smallest absolute Gasteiger partial charge is 0.116 e. The lowest BCUT2D eigenvalue weighted by Gasteiger charge is -2.27. The van der Waals surface area contributed by atoms with Gasteiger partial charge in [0.2, 0.25) is 0 Å². The molecule has 2 rings (SSSR count). The van der Waals surface area contributed by atoms with E-state index in [1.165, 1.54) is 31.1 Å². The van der Waals surface area contributed by atoms with Crippen molar-refractivity contribution in [3.63, 3.8) is 0 Å². The fourth-order valence-corrected chi connectivity index (χ4v) is 3.74. The van der Waals surface area contributed by atoms with Gasteiger partial charge in [-0.1, -0.05) is 32.4 Å². The molecule has 0 aromatic heterocycles. The third-order valence-electron chi connectivity index (χ3n) is 4.04. The van der Waals surface area contributed by atoms with Gasteiger partial charge in [-0.05, 0) is 67.5 Å². The molecule has 0 saturated carbocycles. The van der Waals surface area contributed by atoms with E-state index in [0.29, 0.717) is 11.2 Å². The van der Waals surface area contributed by atoms with Gasteiger partial charge < -0.3 is 9.90 Å². The summed E-state index contributed by atoms with van der Waals surface area (Å²) >= 11 is 1.88. The zero-order chi connectivity index (χ0) is 16.6. The number of benzene rings is 1. The van der Waals surface area contributed by atoms with Gasteiger partial charge in [0.05, 0.1) is 0 Å². The SMILES string of the molecule is CC1CC=C(C(C)(C)CCSc2ccc(O)cc2)C1.CC=O. The standard InChI is InChI=1S/C17H24OS.C2H4O/c1-13-4-5-14(12-13)17(2,3)10-11-19-16-8-6-15(18)7-9-16;1-2-3/h5-9,13,18H,4,10-12H2,1-3H3;2H,1H3. The summed E-state index contributed by atoms with van der Waals surface area (Å²) in [5.74, 6) is 2.30. The Morgan fingerprint density at radius 3 is 2.41 bits per heavy atom. The Labute approximate surface area is 139 Å². The maximum absolute atomic E-state index is 9.26. The first-order chi connectivity index (χ1) is 10.4. The molecule has 0 amide bonds. The first-order valence-electron chi connectivity index (χ1n) is 7.90. The van der Waals surface area contributed by atoms with Crippen LogP contribution in [0.25, 0.3) is 0 Å². The first-order valence-corrected chi connectivity index (χ1v) is 8.88. The Hall–Kier alpha value is -1.22. The number of phenolic OH excluding ortho intramolecular Hbond substituents is 1. The van der Waals surface area contributed by atoms with Crippen molar-refractivity contribution < 1.29 is 9.90 Å². The lowest BCUT2D eigenvalue weighted by Crippen LogP contribution is -2.15. The Bertz CT molecular complexity index is 489. The van der Waals surface area contributed by atoms with Crippen LogP contribution in [0, 0.1) is 11.3 Å². The highest BCUT2D eigenvalue weighted by molar-refractivity contribution is 7.99. The first kappa shape index (κ1) is 18.8. The van der Waals surface area contributed by atoms with Crippen molar-refractivity contribution in [1.82, 2.24) is 0 Å². The number of aromatic hydroxyl groups is 1. The van der Waals surface area contributed by atoms with E-state index in [1.807, 2.05) is 23.9 Å². The molecule has 22 heavy (non-hydrogen) atoms. The van der Waals surface area contributed by atoms with Crippen molar-refractivity contribution in [1.29, 1.82) is 0 Å². The number of carbonyl (C=O) groups is 1. The van der Waals surface area contributed by atoms with Crippen molar-refractivity contribution in [2.45, 2.75) is 51.9 Å². The van der Waals surface area contributed by atoms with Crippen LogP contribution in [0.5, 0.6) is 5.75 Å². The average Bonchev–Trinajstić information content (AvgIpc) is 2.89. The van der Waals surface area contributed by atoms with E-state index >= 15 is 0 Å². The second kappa shape index (κ2) is 9.04. The fraction of sp³-hybridized carbons (Fsp3) is 0.526. The predicted octanol–water partition coefficient (Wildman–Crippen LogP) is 5.46. The molecule has 0 aliphatic heterocycles. The number of rotatable bonds is 5. The Morgan fingerprint density at radius 1 is 1.32 bits per heavy atom. The van der Waals surface area contributed by atoms with Crippen LogP contribution >= 0.6 is 11.8 Å². The molecule has 0 fully saturated rings. The molecular weight excluding hydrogens is 292 g/mol. The molecule has 3 heteroatoms. The van der Waals surface area contributed by atoms with Crippen LogP contribution in [0.1, 0.15) is 47.0 Å². The maximum Gasteiger partial charge on any atom is 0.116 e. The number of thioether (sulfide) groups is 1. The Balaban J connectivity index is 0.000000745. The minimum absolute atomic E-state index is 0.328. The average molecular weight is 320 g/mol. The second-order valence-electron chi connectivity index (χ2n) is 6.49. The summed E-state index contributed by atoms with van der Waals surface area (Å²) in [7, 11) is 0. The molecule has 0 spiro atoms. The topological polar surface area (TPSA) is 37.3 Å². The molecule has 0 heterocycles. The summed E-state index contributed by atoms with van der Waals surface area (Å²) in [4.78, 5) is 10.0. The molecule has 1 aliphatic carbocycles. The highest BCUT2D eigenvalue weighted by Gasteiger charge is 2.27. The summed E-state index contributed by atoms with van der Waals surface area (Å²) in [6.07, 6.45) is 6.94. The van der Waals surface area contributed by atoms with Gasteiger partial charge in [0, 0.05) is 4.90 Å². The second-order valence-corrected chi connectivity index (χ2v) is 7.65. The van der Waals surface area contributed by atoms with E-state index in [1.54, 1.807) is 17.7 Å². The number of aldehydes is 1. The fourth-order valence-electron chi connectivity index (χ4n) is 2.57. The van der Waals surface area contributed by atoms with Crippen LogP contribution in [0.3, 0.4) is 0 Å². The Kier molecular flexibility index (Phi) is 7.74. The predicted molar refractivity (Wildman–Crippen MR) is 95.4 cm³/mol. The summed E-state index contributed by atoms with van der Waals surface area (Å²) in [5.41, 5.74) is 1.97. The number of phenols is 1. The van der Waals surface area contributed by atoms with Gasteiger partial charge in [-0.15, -0.1) is 11.8 Å². The zero-order valence-electron chi connectivity index (χ0n) is 14.1. The van der Waals surface area contributed by atoms with Gasteiger partial charge in [0.25, 0.3) is 0 Å². The molecular formula is C19H28O2S. The molecule has 122 valence electrons. The molecule has 1 aromatic rings. The van der Waals surface area contributed by atoms with Crippen LogP contribution in [0.2, 0.25) is 0 Å². The molecule has 2 nitrogen and oxygen atoms in total. The molecule has 0 radical (unpaired) electrons. The quantitative estimate of drug-likeness (QED) is 0.444. The van der Waals surface area contributed by atoms with Crippen molar-refractivity contribution in [2.24, 2.45) is 11.3 Å². The minimum atomic E-state index is 0.328. The van der Waals surface area contributed by atoms with Gasteiger partial charge in [0.15, 0.2) is 0 Å². The molecule has 1 atom stereocenters. The number of carbonyl (C=O) groups excluding carboxylic acids is 1. The molecule has 1 aromatic carbocycles. The van der Waals surface area contributed by atoms with Crippen molar-refractivity contribution in [2.75, 3.05) is 5.75 Å². The lowest BCUT2D eigenvalue weighted by atomic mass is 9.80. The summed E-state index contributed by atoms with van der Waals surface area (Å²) in [5, 5.41) is 9.26. The van der Waals surface area contributed by atoms with E-state index < -0.39 is 0 Å². The minimum Gasteiger partial charge on any atom is -0.508 e. The van der Waals surface area contributed by atoms with Crippen LogP contribution in [-0.2, 0) is 4.79 Å². The molecule has 1 unspecified atom stereocenters. The van der Waals surface area contributed by atoms with Gasteiger partial charge in [-0.2, -0.15) is 0 Å². The third-order valence-corrected chi connectivity index (χ3v) is 5.05. The van der Waals surface area contributed by atoms with Crippen LogP contribution in [-0.4, -0.2) is 17.1 Å². The van der Waals surface area contributed by atoms with Gasteiger partial charge in [-0.3, -0.25) is 0 Å². The number of hydrogen-bond donors (Lipinski definition) is 1. The molecule has 0 saturated heterocycles. The maximum atomic E-state index is 9.26. The van der Waals surface area contributed by atoms with E-state index in [0.717, 1.165) is 18.0 Å². The normalized spacial score (nSPS) is 17.5. The van der Waals surface area contributed by atoms with E-state index in [4.69, 9.17) is 4.79 Å². The van der Waals surface area contributed by atoms with E-state index in [2.05, 4.69) is 26.8 Å². The van der Waals surface area contributed by atoms with Gasteiger partial charge >= 0.3 is 0 Å². The van der Waals surface area contributed by atoms with Crippen molar-refractivity contribution in [3.8, 4) is 5.75 Å². The van der Waals surface area contributed by atoms with E-state index in [-0.39, 0.29) is 0 Å². The van der Waals surface area contributed by atoms with Crippen LogP contribution < -0.4 is 0 Å². The van der Waals surface area contributed by atoms with Crippen molar-refractivity contribution >= 4 is 18.0 Å². The highest BCUT2D eigenvalue weighted by Crippen LogP contribution is 2.40. The summed E-state index contributed by atoms with van der Waals surface area (Å²) < 4.78 is 0. The van der Waals surface area contributed by atoms with Crippen molar-refractivity contribution in [3.05, 3.63) is 35.9 Å². The summed E-state index contributed by atoms with van der Waals surface area (Å²) in [6, 6.07) is 7.50. The Morgan fingerprint density at radius 2 is 1.91 bits per heavy atom. The van der Waals surface area contributed by atoms with Gasteiger partial charge in [-0.25, -0.2) is 0 Å².